The topological polar surface area (TPSA) is 47.0 Å². The van der Waals surface area contributed by atoms with E-state index in [1.54, 1.807) is 18.6 Å². The average molecular weight is 195 g/mol. The van der Waals surface area contributed by atoms with Crippen molar-refractivity contribution in [1.29, 1.82) is 0 Å². The van der Waals surface area contributed by atoms with Crippen molar-refractivity contribution in [3.63, 3.8) is 0 Å². The molecule has 1 aromatic heterocycles. The molecule has 1 aromatic rings. The fraction of sp³-hybridized carbons (Fsp3) is 0.600. The third kappa shape index (κ3) is 4.89. The van der Waals surface area contributed by atoms with Crippen LogP contribution in [0.4, 0.5) is 0 Å². The van der Waals surface area contributed by atoms with E-state index < -0.39 is 0 Å². The Hall–Kier alpha value is -1.00. The van der Waals surface area contributed by atoms with Gasteiger partial charge in [0.25, 0.3) is 0 Å². The zero-order valence-electron chi connectivity index (χ0n) is 8.73. The molecular weight excluding hydrogens is 178 g/mol. The Balaban J connectivity index is 2.05. The molecule has 0 atom stereocenters. The summed E-state index contributed by atoms with van der Waals surface area (Å²) in [7, 11) is 0. The van der Waals surface area contributed by atoms with Crippen molar-refractivity contribution in [2.24, 2.45) is 0 Å². The largest absolute Gasteiger partial charge is 0.377 e. The van der Waals surface area contributed by atoms with Crippen molar-refractivity contribution in [3.05, 3.63) is 24.3 Å². The summed E-state index contributed by atoms with van der Waals surface area (Å²) in [6.45, 7) is 6.38. The highest BCUT2D eigenvalue weighted by Crippen LogP contribution is 1.89. The summed E-state index contributed by atoms with van der Waals surface area (Å²) in [6.07, 6.45) is 5.43. The SMILES string of the molecule is CC(C)OCCNCc1cnccn1. The maximum absolute atomic E-state index is 5.38. The minimum atomic E-state index is 0.299. The van der Waals surface area contributed by atoms with Crippen LogP contribution in [0.5, 0.6) is 0 Å². The second-order valence-electron chi connectivity index (χ2n) is 3.29. The molecule has 0 saturated carbocycles. The molecule has 0 aromatic carbocycles. The molecule has 0 radical (unpaired) electrons. The van der Waals surface area contributed by atoms with E-state index in [2.05, 4.69) is 15.3 Å². The van der Waals surface area contributed by atoms with Crippen LogP contribution < -0.4 is 5.32 Å². The van der Waals surface area contributed by atoms with E-state index >= 15 is 0 Å². The van der Waals surface area contributed by atoms with Gasteiger partial charge in [0.05, 0.1) is 18.4 Å². The van der Waals surface area contributed by atoms with Crippen LogP contribution in [0.2, 0.25) is 0 Å². The summed E-state index contributed by atoms with van der Waals surface area (Å²) in [5.41, 5.74) is 0.956. The number of hydrogen-bond acceptors (Lipinski definition) is 4. The third-order valence-corrected chi connectivity index (χ3v) is 1.65. The number of nitrogens with one attached hydrogen (secondary N) is 1. The van der Waals surface area contributed by atoms with E-state index in [1.165, 1.54) is 0 Å². The Kier molecular flexibility index (Phi) is 5.11. The minimum absolute atomic E-state index is 0.299. The second kappa shape index (κ2) is 6.45. The van der Waals surface area contributed by atoms with Crippen LogP contribution >= 0.6 is 0 Å². The average Bonchev–Trinajstić information content (AvgIpc) is 2.18. The first-order valence-electron chi connectivity index (χ1n) is 4.86. The van der Waals surface area contributed by atoms with Gasteiger partial charge in [0.2, 0.25) is 0 Å². The fourth-order valence-corrected chi connectivity index (χ4v) is 1.00. The lowest BCUT2D eigenvalue weighted by atomic mass is 10.4. The summed E-state index contributed by atoms with van der Waals surface area (Å²) < 4.78 is 5.38. The Morgan fingerprint density at radius 3 is 2.93 bits per heavy atom. The van der Waals surface area contributed by atoms with Crippen molar-refractivity contribution in [3.8, 4) is 0 Å². The van der Waals surface area contributed by atoms with Crippen molar-refractivity contribution in [1.82, 2.24) is 15.3 Å². The zero-order valence-corrected chi connectivity index (χ0v) is 8.73. The number of ether oxygens (including phenoxy) is 1. The Labute approximate surface area is 84.7 Å². The Morgan fingerprint density at radius 2 is 2.29 bits per heavy atom. The van der Waals surface area contributed by atoms with E-state index in [1.807, 2.05) is 13.8 Å². The lowest BCUT2D eigenvalue weighted by molar-refractivity contribution is 0.0806. The predicted molar refractivity (Wildman–Crippen MR) is 54.8 cm³/mol. The van der Waals surface area contributed by atoms with Gasteiger partial charge in [-0.05, 0) is 13.8 Å². The van der Waals surface area contributed by atoms with Gasteiger partial charge in [0.1, 0.15) is 0 Å². The highest BCUT2D eigenvalue weighted by molar-refractivity contribution is 4.93. The molecule has 0 spiro atoms. The first-order chi connectivity index (χ1) is 6.79. The van der Waals surface area contributed by atoms with E-state index in [-0.39, 0.29) is 0 Å². The lowest BCUT2D eigenvalue weighted by Crippen LogP contribution is -2.21. The van der Waals surface area contributed by atoms with Crippen LogP contribution in [0.3, 0.4) is 0 Å². The van der Waals surface area contributed by atoms with E-state index in [9.17, 15) is 0 Å². The number of nitrogens with zero attached hydrogens (tertiary/aromatic N) is 2. The molecule has 1 rings (SSSR count). The fourth-order valence-electron chi connectivity index (χ4n) is 1.00. The van der Waals surface area contributed by atoms with Gasteiger partial charge in [-0.15, -0.1) is 0 Å². The van der Waals surface area contributed by atoms with Gasteiger partial charge in [0.15, 0.2) is 0 Å². The molecule has 4 nitrogen and oxygen atoms in total. The molecule has 1 N–H and O–H groups in total. The smallest absolute Gasteiger partial charge is 0.0724 e. The van der Waals surface area contributed by atoms with E-state index in [0.717, 1.165) is 25.4 Å². The van der Waals surface area contributed by atoms with E-state index in [0.29, 0.717) is 6.10 Å². The van der Waals surface area contributed by atoms with Crippen LogP contribution in [0, 0.1) is 0 Å². The minimum Gasteiger partial charge on any atom is -0.377 e. The third-order valence-electron chi connectivity index (χ3n) is 1.65. The lowest BCUT2D eigenvalue weighted by Gasteiger charge is -2.07. The molecule has 0 aliphatic rings. The monoisotopic (exact) mass is 195 g/mol. The molecule has 14 heavy (non-hydrogen) atoms. The van der Waals surface area contributed by atoms with Gasteiger partial charge in [-0.25, -0.2) is 0 Å². The summed E-state index contributed by atoms with van der Waals surface area (Å²) in [5.74, 6) is 0. The number of aromatic nitrogens is 2. The first kappa shape index (κ1) is 11.1. The van der Waals surface area contributed by atoms with Crippen LogP contribution in [0.1, 0.15) is 19.5 Å². The maximum Gasteiger partial charge on any atom is 0.0724 e. The van der Waals surface area contributed by atoms with Crippen molar-refractivity contribution in [2.45, 2.75) is 26.5 Å². The molecule has 0 unspecified atom stereocenters. The molecule has 1 heterocycles. The van der Waals surface area contributed by atoms with Gasteiger partial charge in [-0.3, -0.25) is 9.97 Å². The van der Waals surface area contributed by atoms with Crippen molar-refractivity contribution < 1.29 is 4.74 Å². The second-order valence-corrected chi connectivity index (χ2v) is 3.29. The Morgan fingerprint density at radius 1 is 1.43 bits per heavy atom. The van der Waals surface area contributed by atoms with Gasteiger partial charge in [0, 0.05) is 31.7 Å². The maximum atomic E-state index is 5.38. The summed E-state index contributed by atoms with van der Waals surface area (Å²) in [6, 6.07) is 0. The number of rotatable bonds is 6. The normalized spacial score (nSPS) is 10.8. The predicted octanol–water partition coefficient (Wildman–Crippen LogP) is 0.991. The summed E-state index contributed by atoms with van der Waals surface area (Å²) in [4.78, 5) is 8.12. The van der Waals surface area contributed by atoms with Gasteiger partial charge < -0.3 is 10.1 Å². The van der Waals surface area contributed by atoms with Gasteiger partial charge in [-0.1, -0.05) is 0 Å². The molecule has 4 heteroatoms. The molecule has 78 valence electrons. The molecule has 0 bridgehead atoms. The molecule has 0 amide bonds. The molecule has 0 aliphatic carbocycles. The summed E-state index contributed by atoms with van der Waals surface area (Å²) >= 11 is 0. The standard InChI is InChI=1S/C10H17N3O/c1-9(2)14-6-5-12-8-10-7-11-3-4-13-10/h3-4,7,9,12H,5-6,8H2,1-2H3. The van der Waals surface area contributed by atoms with Crippen LogP contribution in [0.25, 0.3) is 0 Å². The van der Waals surface area contributed by atoms with Crippen LogP contribution in [-0.2, 0) is 11.3 Å². The number of hydrogen-bond donors (Lipinski definition) is 1. The molecule has 0 aliphatic heterocycles. The Bertz CT molecular complexity index is 238. The van der Waals surface area contributed by atoms with Crippen LogP contribution in [-0.4, -0.2) is 29.2 Å². The molecule has 0 saturated heterocycles. The summed E-state index contributed by atoms with van der Waals surface area (Å²) in [5, 5.41) is 3.23. The highest BCUT2D eigenvalue weighted by Gasteiger charge is 1.94. The quantitative estimate of drug-likeness (QED) is 0.688. The van der Waals surface area contributed by atoms with Gasteiger partial charge in [-0.2, -0.15) is 0 Å². The van der Waals surface area contributed by atoms with Crippen molar-refractivity contribution >= 4 is 0 Å². The van der Waals surface area contributed by atoms with Crippen molar-refractivity contribution in [2.75, 3.05) is 13.2 Å². The van der Waals surface area contributed by atoms with Crippen LogP contribution in [0.15, 0.2) is 18.6 Å². The van der Waals surface area contributed by atoms with E-state index in [4.69, 9.17) is 4.74 Å². The highest BCUT2D eigenvalue weighted by atomic mass is 16.5. The zero-order chi connectivity index (χ0) is 10.2. The molecule has 0 fully saturated rings. The first-order valence-corrected chi connectivity index (χ1v) is 4.86. The molecular formula is C10H17N3O. The van der Waals surface area contributed by atoms with Gasteiger partial charge >= 0.3 is 0 Å².